The summed E-state index contributed by atoms with van der Waals surface area (Å²) < 4.78 is 0. The predicted molar refractivity (Wildman–Crippen MR) is 175 cm³/mol. The first-order chi connectivity index (χ1) is 21.4. The van der Waals surface area contributed by atoms with Crippen LogP contribution in [0.15, 0.2) is 73.2 Å². The molecule has 15 heteroatoms. The molecule has 12 nitrogen and oxygen atoms in total. The molecule has 0 saturated heterocycles. The van der Waals surface area contributed by atoms with Crippen molar-refractivity contribution in [3.8, 4) is 0 Å². The lowest BCUT2D eigenvalue weighted by Crippen LogP contribution is -2.32. The molecule has 0 fully saturated rings. The number of hydrogen-bond donors (Lipinski definition) is 7. The highest BCUT2D eigenvalue weighted by molar-refractivity contribution is 6.36. The first-order valence-corrected chi connectivity index (χ1v) is 14.4. The molecule has 0 saturated carbocycles. The molecule has 2 atom stereocenters. The second-order valence-electron chi connectivity index (χ2n) is 9.84. The van der Waals surface area contributed by atoms with Crippen LogP contribution in [0.2, 0.25) is 15.1 Å². The van der Waals surface area contributed by atoms with E-state index in [-0.39, 0.29) is 24.0 Å². The van der Waals surface area contributed by atoms with Gasteiger partial charge in [0.2, 0.25) is 0 Å². The number of benzene rings is 3. The second kappa shape index (κ2) is 14.5. The SMILES string of the molecule is Clc1cccc2[nH]ccc12.N[C@@H](Cc1c[nH]c2c([N+](=O)[O-])ccc(Cl)c12)C(=O)O.N[C@@H](Cc1c[nH]c2cccc(Cl)c12)C(=O)O. The van der Waals surface area contributed by atoms with Crippen molar-refractivity contribution in [2.24, 2.45) is 11.5 Å². The molecular weight excluding hydrogens is 647 g/mol. The molecule has 0 spiro atoms. The monoisotopic (exact) mass is 672 g/mol. The van der Waals surface area contributed by atoms with Gasteiger partial charge in [-0.25, -0.2) is 0 Å². The van der Waals surface area contributed by atoms with Gasteiger partial charge in [-0.3, -0.25) is 19.7 Å². The minimum absolute atomic E-state index is 0.0379. The Morgan fingerprint density at radius 3 is 1.91 bits per heavy atom. The van der Waals surface area contributed by atoms with Gasteiger partial charge in [0.1, 0.15) is 17.6 Å². The van der Waals surface area contributed by atoms with Crippen molar-refractivity contribution in [2.45, 2.75) is 24.9 Å². The summed E-state index contributed by atoms with van der Waals surface area (Å²) in [6.45, 7) is 0. The number of halogens is 3. The fourth-order valence-electron chi connectivity index (χ4n) is 4.64. The summed E-state index contributed by atoms with van der Waals surface area (Å²) in [6.07, 6.45) is 5.43. The van der Waals surface area contributed by atoms with Gasteiger partial charge < -0.3 is 36.6 Å². The van der Waals surface area contributed by atoms with E-state index in [1.54, 1.807) is 12.3 Å². The quantitative estimate of drug-likeness (QED) is 0.0753. The van der Waals surface area contributed by atoms with Crippen LogP contribution in [-0.4, -0.2) is 54.1 Å². The number of fused-ring (bicyclic) bond motifs is 3. The number of aromatic amines is 3. The third-order valence-electron chi connectivity index (χ3n) is 6.83. The number of non-ortho nitro benzene ring substituents is 1. The van der Waals surface area contributed by atoms with Gasteiger partial charge in [-0.1, -0.05) is 46.9 Å². The minimum Gasteiger partial charge on any atom is -0.480 e. The van der Waals surface area contributed by atoms with E-state index in [0.29, 0.717) is 21.0 Å². The van der Waals surface area contributed by atoms with Crippen LogP contribution in [0, 0.1) is 10.1 Å². The number of hydrogen-bond acceptors (Lipinski definition) is 6. The summed E-state index contributed by atoms with van der Waals surface area (Å²) in [5, 5.41) is 32.5. The maximum Gasteiger partial charge on any atom is 0.320 e. The third kappa shape index (κ3) is 7.74. The lowest BCUT2D eigenvalue weighted by atomic mass is 10.1. The summed E-state index contributed by atoms with van der Waals surface area (Å²) in [4.78, 5) is 40.6. The summed E-state index contributed by atoms with van der Waals surface area (Å²) in [5.74, 6) is -2.16. The lowest BCUT2D eigenvalue weighted by molar-refractivity contribution is -0.383. The lowest BCUT2D eigenvalue weighted by Gasteiger charge is -2.05. The molecule has 0 radical (unpaired) electrons. The maximum absolute atomic E-state index is 10.9. The van der Waals surface area contributed by atoms with Crippen molar-refractivity contribution in [3.63, 3.8) is 0 Å². The van der Waals surface area contributed by atoms with E-state index in [9.17, 15) is 19.7 Å². The van der Waals surface area contributed by atoms with Crippen LogP contribution in [0.3, 0.4) is 0 Å². The molecule has 3 heterocycles. The Bertz CT molecular complexity index is 2000. The topological polar surface area (TPSA) is 217 Å². The average Bonchev–Trinajstić information content (AvgIpc) is 3.74. The number of nitrogens with one attached hydrogen (secondary N) is 3. The van der Waals surface area contributed by atoms with E-state index >= 15 is 0 Å². The van der Waals surface area contributed by atoms with Gasteiger partial charge >= 0.3 is 11.9 Å². The molecule has 0 aliphatic heterocycles. The number of nitrogens with zero attached hydrogens (tertiary/aromatic N) is 1. The summed E-state index contributed by atoms with van der Waals surface area (Å²) in [6, 6.07) is 14.0. The van der Waals surface area contributed by atoms with Crippen molar-refractivity contribution in [1.29, 1.82) is 0 Å². The molecule has 3 aromatic carbocycles. The standard InChI is InChI=1S/C11H10ClN3O4.C11H11ClN2O2.C8H6ClN/c12-6-1-2-8(15(18)19)10-9(6)5(4-14-10)3-7(13)11(16)17;12-7-2-1-3-9-10(7)6(5-14-9)4-8(13)11(15)16;9-7-2-1-3-8-6(7)4-5-10-8/h1-2,4,7,14H,3,13H2,(H,16,17);1-3,5,8,14H,4,13H2,(H,15,16);1-5,10H/t7-;8-;/m00./s1. The number of carboxylic acids is 2. The van der Waals surface area contributed by atoms with Crippen LogP contribution in [0.1, 0.15) is 11.1 Å². The number of carboxylic acid groups (broad SMARTS) is 2. The number of H-pyrrole nitrogens is 3. The molecule has 0 aliphatic rings. The Hall–Kier alpha value is -4.59. The van der Waals surface area contributed by atoms with Crippen molar-refractivity contribution >= 4 is 85.1 Å². The Balaban J connectivity index is 0.000000160. The summed E-state index contributed by atoms with van der Waals surface area (Å²) in [7, 11) is 0. The van der Waals surface area contributed by atoms with E-state index in [4.69, 9.17) is 56.5 Å². The van der Waals surface area contributed by atoms with E-state index in [2.05, 4.69) is 15.0 Å². The first-order valence-electron chi connectivity index (χ1n) is 13.2. The first kappa shape index (κ1) is 33.3. The van der Waals surface area contributed by atoms with Gasteiger partial charge in [-0.2, -0.15) is 0 Å². The largest absolute Gasteiger partial charge is 0.480 e. The van der Waals surface area contributed by atoms with Crippen molar-refractivity contribution in [1.82, 2.24) is 15.0 Å². The normalized spacial score (nSPS) is 12.2. The number of aliphatic carboxylic acids is 2. The number of rotatable bonds is 7. The number of nitro benzene ring substituents is 1. The molecule has 0 aliphatic carbocycles. The second-order valence-corrected chi connectivity index (χ2v) is 11.1. The fourth-order valence-corrected chi connectivity index (χ4v) is 5.45. The van der Waals surface area contributed by atoms with Gasteiger partial charge in [0.15, 0.2) is 0 Å². The van der Waals surface area contributed by atoms with Gasteiger partial charge in [-0.15, -0.1) is 0 Å². The highest BCUT2D eigenvalue weighted by atomic mass is 35.5. The zero-order chi connectivity index (χ0) is 32.8. The van der Waals surface area contributed by atoms with Gasteiger partial charge in [0.25, 0.3) is 5.69 Å². The van der Waals surface area contributed by atoms with Crippen LogP contribution >= 0.6 is 34.8 Å². The smallest absolute Gasteiger partial charge is 0.320 e. The van der Waals surface area contributed by atoms with Crippen molar-refractivity contribution < 1.29 is 24.7 Å². The molecular formula is C30H27Cl3N6O6. The molecule has 9 N–H and O–H groups in total. The van der Waals surface area contributed by atoms with Gasteiger partial charge in [-0.05, 0) is 47.5 Å². The fraction of sp³-hybridized carbons (Fsp3) is 0.133. The minimum atomic E-state index is -1.14. The molecule has 3 aromatic heterocycles. The Morgan fingerprint density at radius 1 is 0.756 bits per heavy atom. The van der Waals surface area contributed by atoms with Crippen LogP contribution < -0.4 is 11.5 Å². The van der Waals surface area contributed by atoms with E-state index in [1.807, 2.05) is 42.6 Å². The molecule has 0 amide bonds. The molecule has 234 valence electrons. The molecule has 6 rings (SSSR count). The highest BCUT2D eigenvalue weighted by Gasteiger charge is 2.21. The van der Waals surface area contributed by atoms with Crippen molar-refractivity contribution in [2.75, 3.05) is 0 Å². The molecule has 45 heavy (non-hydrogen) atoms. The van der Waals surface area contributed by atoms with Crippen LogP contribution in [0.4, 0.5) is 5.69 Å². The molecule has 0 unspecified atom stereocenters. The maximum atomic E-state index is 10.9. The number of aromatic nitrogens is 3. The van der Waals surface area contributed by atoms with Crippen LogP contribution in [0.5, 0.6) is 0 Å². The van der Waals surface area contributed by atoms with Gasteiger partial charge in [0.05, 0.1) is 15.0 Å². The average molecular weight is 674 g/mol. The Morgan fingerprint density at radius 2 is 1.31 bits per heavy atom. The van der Waals surface area contributed by atoms with E-state index < -0.39 is 28.9 Å². The summed E-state index contributed by atoms with van der Waals surface area (Å²) >= 11 is 17.9. The highest BCUT2D eigenvalue weighted by Crippen LogP contribution is 2.33. The van der Waals surface area contributed by atoms with E-state index in [1.165, 1.54) is 18.3 Å². The van der Waals surface area contributed by atoms with E-state index in [0.717, 1.165) is 32.4 Å². The number of nitro groups is 1. The zero-order valence-corrected chi connectivity index (χ0v) is 25.5. The number of carbonyl (C=O) groups is 2. The third-order valence-corrected chi connectivity index (χ3v) is 7.79. The Kier molecular flexibility index (Phi) is 10.7. The van der Waals surface area contributed by atoms with Crippen molar-refractivity contribution in [3.05, 3.63) is 109 Å². The molecule has 0 bridgehead atoms. The number of nitrogens with two attached hydrogens (primary N) is 2. The summed E-state index contributed by atoms with van der Waals surface area (Å²) in [5.41, 5.74) is 14.4. The van der Waals surface area contributed by atoms with Gasteiger partial charge in [0, 0.05) is 69.7 Å². The Labute approximate surface area is 270 Å². The van der Waals surface area contributed by atoms with Crippen LogP contribution in [0.25, 0.3) is 32.7 Å². The molecule has 6 aromatic rings. The zero-order valence-electron chi connectivity index (χ0n) is 23.3. The predicted octanol–water partition coefficient (Wildman–Crippen LogP) is 6.28. The van der Waals surface area contributed by atoms with Crippen LogP contribution in [-0.2, 0) is 22.4 Å².